The lowest BCUT2D eigenvalue weighted by molar-refractivity contribution is -0.142. The number of carbonyl (C=O) groups is 6. The molecule has 2 unspecified atom stereocenters. The van der Waals surface area contributed by atoms with Crippen LogP contribution in [-0.4, -0.2) is 125 Å². The fraction of sp³-hybridized carbons (Fsp3) is 0.722. The number of nitrogens with one attached hydrogen (secondary N) is 3. The second-order valence-corrected chi connectivity index (χ2v) is 15.3. The number of nitrogens with zero attached hydrogens (tertiary/aromatic N) is 3. The molecule has 280 valence electrons. The van der Waals surface area contributed by atoms with Crippen LogP contribution in [0.5, 0.6) is 0 Å². The Bertz CT molecular complexity index is 1320. The minimum absolute atomic E-state index is 0.00197. The summed E-state index contributed by atoms with van der Waals surface area (Å²) < 4.78 is 5.22. The highest BCUT2D eigenvalue weighted by Gasteiger charge is 2.45. The van der Waals surface area contributed by atoms with Gasteiger partial charge in [0.15, 0.2) is 6.29 Å². The lowest BCUT2D eigenvalue weighted by Crippen LogP contribution is -2.60. The Balaban J connectivity index is 1.64. The van der Waals surface area contributed by atoms with Gasteiger partial charge >= 0.3 is 0 Å². The van der Waals surface area contributed by atoms with Crippen LogP contribution in [0.25, 0.3) is 0 Å². The predicted molar refractivity (Wildman–Crippen MR) is 187 cm³/mol. The molecule has 3 heterocycles. The van der Waals surface area contributed by atoms with Gasteiger partial charge in [0.05, 0.1) is 18.1 Å². The normalized spacial score (nSPS) is 23.2. The number of hydrogen-bond acceptors (Lipinski definition) is 9. The number of likely N-dealkylation sites (tertiary alicyclic amines) is 1. The van der Waals surface area contributed by atoms with E-state index in [9.17, 15) is 33.9 Å². The summed E-state index contributed by atoms with van der Waals surface area (Å²) in [6.45, 7) is 16.4. The van der Waals surface area contributed by atoms with Crippen molar-refractivity contribution in [1.82, 2.24) is 30.7 Å². The van der Waals surface area contributed by atoms with Crippen molar-refractivity contribution in [3.8, 4) is 0 Å². The third-order valence-corrected chi connectivity index (χ3v) is 9.62. The average molecular weight is 703 g/mol. The second kappa shape index (κ2) is 17.5. The van der Waals surface area contributed by atoms with Gasteiger partial charge < -0.3 is 30.7 Å². The number of imide groups is 1. The molecule has 14 heteroatoms. The highest BCUT2D eigenvalue weighted by molar-refractivity contribution is 6.12. The van der Waals surface area contributed by atoms with Gasteiger partial charge in [-0.05, 0) is 57.9 Å². The standard InChI is InChI=1S/C36H58N6O8/c1-21(2)26(40(9)34(48)31(36(6,7)8)39-33(47)25-12-10-11-18-41(25)22(3)4)20-23(5)32(46)38-24(30-35(49)50-30)13-14-27(43)37-17-19-42-28(44)15-16-29(42)45/h15-16,20-22,24-26,30-31,35,49H,10-14,17-19H2,1-9H3,(H,37,43)(H,38,46)(H,39,47)/b23-20+/t24-,25-,26-,30?,31-,35?/m1/s1. The van der Waals surface area contributed by atoms with E-state index >= 15 is 0 Å². The molecule has 6 amide bonds. The van der Waals surface area contributed by atoms with E-state index in [4.69, 9.17) is 4.74 Å². The molecule has 0 aromatic carbocycles. The summed E-state index contributed by atoms with van der Waals surface area (Å²) >= 11 is 0. The maximum atomic E-state index is 14.1. The Morgan fingerprint density at radius 3 is 2.22 bits per heavy atom. The van der Waals surface area contributed by atoms with E-state index in [1.54, 1.807) is 24.9 Å². The lowest BCUT2D eigenvalue weighted by atomic mass is 9.84. The number of amides is 6. The van der Waals surface area contributed by atoms with E-state index < -0.39 is 53.7 Å². The molecule has 14 nitrogen and oxygen atoms in total. The van der Waals surface area contributed by atoms with E-state index in [0.717, 1.165) is 30.7 Å². The summed E-state index contributed by atoms with van der Waals surface area (Å²) in [7, 11) is 1.68. The van der Waals surface area contributed by atoms with E-state index in [-0.39, 0.29) is 61.7 Å². The first-order valence-corrected chi connectivity index (χ1v) is 17.8. The van der Waals surface area contributed by atoms with Crippen LogP contribution in [0, 0.1) is 11.3 Å². The van der Waals surface area contributed by atoms with Gasteiger partial charge in [-0.3, -0.25) is 38.6 Å². The molecule has 6 atom stereocenters. The summed E-state index contributed by atoms with van der Waals surface area (Å²) in [5.74, 6) is -2.12. The van der Waals surface area contributed by atoms with Gasteiger partial charge in [-0.25, -0.2) is 0 Å². The third-order valence-electron chi connectivity index (χ3n) is 9.62. The van der Waals surface area contributed by atoms with Gasteiger partial charge in [-0.1, -0.05) is 47.1 Å². The maximum Gasteiger partial charge on any atom is 0.253 e. The smallest absolute Gasteiger partial charge is 0.253 e. The zero-order chi connectivity index (χ0) is 37.5. The molecule has 2 fully saturated rings. The SMILES string of the molecule is C/C(=C\[C@H](C(C)C)N(C)C(=O)[C@@H](NC(=O)[C@H]1CCCCN1C(C)C)C(C)(C)C)C(=O)N[C@H](CCC(=O)NCCN1C(=O)C=CC1=O)C1OC1O. The molecule has 0 saturated carbocycles. The molecule has 3 aliphatic heterocycles. The monoisotopic (exact) mass is 702 g/mol. The molecule has 3 aliphatic rings. The van der Waals surface area contributed by atoms with Crippen LogP contribution in [0.4, 0.5) is 0 Å². The summed E-state index contributed by atoms with van der Waals surface area (Å²) in [5, 5.41) is 18.6. The minimum Gasteiger partial charge on any atom is -0.366 e. The Hall–Kier alpha value is -3.62. The minimum atomic E-state index is -1.06. The van der Waals surface area contributed by atoms with Crippen molar-refractivity contribution in [2.45, 2.75) is 130 Å². The molecule has 0 aliphatic carbocycles. The molecule has 2 saturated heterocycles. The fourth-order valence-corrected chi connectivity index (χ4v) is 6.52. The topological polar surface area (TPSA) is 181 Å². The summed E-state index contributed by atoms with van der Waals surface area (Å²) in [6, 6.07) is -2.03. The van der Waals surface area contributed by atoms with Gasteiger partial charge in [-0.2, -0.15) is 0 Å². The molecule has 0 aromatic heterocycles. The van der Waals surface area contributed by atoms with Gasteiger partial charge in [0.1, 0.15) is 12.1 Å². The Morgan fingerprint density at radius 1 is 1.06 bits per heavy atom. The van der Waals surface area contributed by atoms with E-state index in [0.29, 0.717) is 5.57 Å². The molecule has 0 bridgehead atoms. The Labute approximate surface area is 296 Å². The number of aliphatic hydroxyl groups excluding tert-OH is 1. The average Bonchev–Trinajstić information content (AvgIpc) is 3.70. The van der Waals surface area contributed by atoms with E-state index in [1.165, 1.54) is 12.2 Å². The quantitative estimate of drug-likeness (QED) is 0.105. The van der Waals surface area contributed by atoms with Crippen LogP contribution in [0.1, 0.15) is 87.5 Å². The number of likely N-dealkylation sites (N-methyl/N-ethyl adjacent to an activating group) is 1. The van der Waals surface area contributed by atoms with Crippen molar-refractivity contribution in [2.24, 2.45) is 11.3 Å². The Morgan fingerprint density at radius 2 is 1.68 bits per heavy atom. The van der Waals surface area contributed by atoms with Crippen molar-refractivity contribution >= 4 is 35.4 Å². The zero-order valence-corrected chi connectivity index (χ0v) is 31.2. The van der Waals surface area contributed by atoms with Gasteiger partial charge in [-0.15, -0.1) is 0 Å². The predicted octanol–water partition coefficient (Wildman–Crippen LogP) is 1.23. The number of carbonyl (C=O) groups excluding carboxylic acids is 6. The maximum absolute atomic E-state index is 14.1. The molecule has 4 N–H and O–H groups in total. The summed E-state index contributed by atoms with van der Waals surface area (Å²) in [4.78, 5) is 81.8. The number of rotatable bonds is 16. The van der Waals surface area contributed by atoms with Gasteiger partial charge in [0.25, 0.3) is 11.8 Å². The number of epoxide rings is 1. The Kier molecular flexibility index (Phi) is 14.3. The van der Waals surface area contributed by atoms with Crippen LogP contribution in [0.15, 0.2) is 23.8 Å². The van der Waals surface area contributed by atoms with Crippen molar-refractivity contribution in [2.75, 3.05) is 26.7 Å². The first-order valence-electron chi connectivity index (χ1n) is 17.8. The molecular formula is C36H58N6O8. The van der Waals surface area contributed by atoms with E-state index in [2.05, 4.69) is 34.7 Å². The number of piperidine rings is 1. The molecule has 50 heavy (non-hydrogen) atoms. The van der Waals surface area contributed by atoms with Crippen molar-refractivity contribution in [1.29, 1.82) is 0 Å². The fourth-order valence-electron chi connectivity index (χ4n) is 6.52. The molecule has 0 spiro atoms. The van der Waals surface area contributed by atoms with Crippen LogP contribution < -0.4 is 16.0 Å². The number of ether oxygens (including phenoxy) is 1. The highest BCUT2D eigenvalue weighted by Crippen LogP contribution is 2.27. The van der Waals surface area contributed by atoms with Crippen LogP contribution in [0.3, 0.4) is 0 Å². The highest BCUT2D eigenvalue weighted by atomic mass is 16.7. The van der Waals surface area contributed by atoms with Crippen LogP contribution >= 0.6 is 0 Å². The van der Waals surface area contributed by atoms with Crippen LogP contribution in [-0.2, 0) is 33.5 Å². The molecule has 0 radical (unpaired) electrons. The lowest BCUT2D eigenvalue weighted by Gasteiger charge is -2.41. The van der Waals surface area contributed by atoms with Gasteiger partial charge in [0, 0.05) is 50.3 Å². The van der Waals surface area contributed by atoms with Gasteiger partial charge in [0.2, 0.25) is 23.6 Å². The van der Waals surface area contributed by atoms with Crippen LogP contribution in [0.2, 0.25) is 0 Å². The molecular weight excluding hydrogens is 644 g/mol. The summed E-state index contributed by atoms with van der Waals surface area (Å²) in [6.07, 6.45) is 5.25. The zero-order valence-electron chi connectivity index (χ0n) is 31.2. The van der Waals surface area contributed by atoms with Crippen molar-refractivity contribution in [3.63, 3.8) is 0 Å². The molecule has 0 aromatic rings. The van der Waals surface area contributed by atoms with E-state index in [1.807, 2.05) is 34.6 Å². The van der Waals surface area contributed by atoms with Crippen molar-refractivity contribution in [3.05, 3.63) is 23.8 Å². The van der Waals surface area contributed by atoms with Crippen molar-refractivity contribution < 1.29 is 38.6 Å². The second-order valence-electron chi connectivity index (χ2n) is 15.3. The number of aliphatic hydroxyl groups is 1. The molecule has 3 rings (SSSR count). The third kappa shape index (κ3) is 10.9. The number of hydrogen-bond donors (Lipinski definition) is 4. The largest absolute Gasteiger partial charge is 0.366 e. The first-order chi connectivity index (χ1) is 23.3. The first kappa shape index (κ1) is 40.8. The summed E-state index contributed by atoms with van der Waals surface area (Å²) in [5.41, 5.74) is -0.242.